The average molecular weight is 256 g/mol. The normalized spacial score (nSPS) is 10.1. The van der Waals surface area contributed by atoms with Gasteiger partial charge in [0, 0.05) is 6.20 Å². The third-order valence-electron chi connectivity index (χ3n) is 1.76. The lowest BCUT2D eigenvalue weighted by molar-refractivity contribution is 0.0738. The molecule has 7 heteroatoms. The molecule has 0 aromatic carbocycles. The molecule has 5 nitrogen and oxygen atoms in total. The highest BCUT2D eigenvalue weighted by atomic mass is 35.5. The smallest absolute Gasteiger partial charge is 0.357 e. The monoisotopic (exact) mass is 255 g/mol. The number of halogens is 1. The SMILES string of the molecule is Cc1nnsc1C(=O)Oc1cccnc1Cl. The van der Waals surface area contributed by atoms with Crippen molar-refractivity contribution in [1.29, 1.82) is 0 Å². The molecular formula is C9H6ClN3O2S. The maximum Gasteiger partial charge on any atom is 0.357 e. The van der Waals surface area contributed by atoms with Gasteiger partial charge < -0.3 is 4.74 Å². The van der Waals surface area contributed by atoms with Crippen LogP contribution in [0.4, 0.5) is 0 Å². The second kappa shape index (κ2) is 4.54. The molecule has 0 spiro atoms. The van der Waals surface area contributed by atoms with Crippen LogP contribution in [-0.4, -0.2) is 20.5 Å². The first kappa shape index (κ1) is 11.0. The topological polar surface area (TPSA) is 65.0 Å². The van der Waals surface area contributed by atoms with Crippen molar-refractivity contribution in [3.63, 3.8) is 0 Å². The minimum absolute atomic E-state index is 0.144. The highest BCUT2D eigenvalue weighted by Gasteiger charge is 2.16. The summed E-state index contributed by atoms with van der Waals surface area (Å²) in [6, 6.07) is 3.20. The number of nitrogens with zero attached hydrogens (tertiary/aromatic N) is 3. The first-order valence-corrected chi connectivity index (χ1v) is 5.45. The molecule has 0 aliphatic heterocycles. The van der Waals surface area contributed by atoms with Gasteiger partial charge in [-0.1, -0.05) is 16.1 Å². The van der Waals surface area contributed by atoms with E-state index in [0.29, 0.717) is 10.6 Å². The van der Waals surface area contributed by atoms with E-state index in [2.05, 4.69) is 14.6 Å². The Kier molecular flexibility index (Phi) is 3.12. The van der Waals surface area contributed by atoms with Gasteiger partial charge in [-0.05, 0) is 30.6 Å². The summed E-state index contributed by atoms with van der Waals surface area (Å²) in [5, 5.41) is 3.87. The van der Waals surface area contributed by atoms with E-state index in [-0.39, 0.29) is 10.9 Å². The fourth-order valence-corrected chi connectivity index (χ4v) is 1.70. The lowest BCUT2D eigenvalue weighted by Crippen LogP contribution is -2.08. The van der Waals surface area contributed by atoms with Crippen molar-refractivity contribution in [3.05, 3.63) is 34.1 Å². The van der Waals surface area contributed by atoms with Crippen molar-refractivity contribution in [2.75, 3.05) is 0 Å². The Bertz CT molecular complexity index is 529. The van der Waals surface area contributed by atoms with Gasteiger partial charge in [0.1, 0.15) is 0 Å². The summed E-state index contributed by atoms with van der Waals surface area (Å²) in [5.41, 5.74) is 0.537. The summed E-state index contributed by atoms with van der Waals surface area (Å²) in [6.45, 7) is 1.69. The Morgan fingerprint density at radius 3 is 3.00 bits per heavy atom. The molecule has 2 aromatic rings. The summed E-state index contributed by atoms with van der Waals surface area (Å²) in [7, 11) is 0. The van der Waals surface area contributed by atoms with Gasteiger partial charge in [0.25, 0.3) is 0 Å². The van der Waals surface area contributed by atoms with Crippen molar-refractivity contribution in [2.45, 2.75) is 6.92 Å². The van der Waals surface area contributed by atoms with Crippen LogP contribution in [-0.2, 0) is 0 Å². The van der Waals surface area contributed by atoms with Crippen LogP contribution in [0.5, 0.6) is 5.75 Å². The number of esters is 1. The van der Waals surface area contributed by atoms with Gasteiger partial charge in [-0.3, -0.25) is 0 Å². The standard InChI is InChI=1S/C9H6ClN3O2S/c1-5-7(16-13-12-5)9(14)15-6-3-2-4-11-8(6)10/h2-4H,1H3. The average Bonchev–Trinajstić information content (AvgIpc) is 2.68. The van der Waals surface area contributed by atoms with E-state index in [4.69, 9.17) is 16.3 Å². The second-order valence-corrected chi connectivity index (χ2v) is 3.98. The number of pyridine rings is 1. The molecule has 0 saturated heterocycles. The largest absolute Gasteiger partial charge is 0.419 e. The van der Waals surface area contributed by atoms with Crippen LogP contribution >= 0.6 is 23.1 Å². The zero-order valence-corrected chi connectivity index (χ0v) is 9.75. The van der Waals surface area contributed by atoms with Gasteiger partial charge in [-0.25, -0.2) is 9.78 Å². The van der Waals surface area contributed by atoms with Crippen LogP contribution < -0.4 is 4.74 Å². The molecular weight excluding hydrogens is 250 g/mol. The van der Waals surface area contributed by atoms with Crippen molar-refractivity contribution >= 4 is 29.1 Å². The highest BCUT2D eigenvalue weighted by molar-refractivity contribution is 7.07. The fraction of sp³-hybridized carbons (Fsp3) is 0.111. The number of ether oxygens (including phenoxy) is 1. The summed E-state index contributed by atoms with van der Waals surface area (Å²) in [5.74, 6) is -0.302. The third kappa shape index (κ3) is 2.17. The Balaban J connectivity index is 2.21. The number of aryl methyl sites for hydroxylation is 1. The molecule has 0 amide bonds. The molecule has 0 N–H and O–H groups in total. The first-order chi connectivity index (χ1) is 7.68. The third-order valence-corrected chi connectivity index (χ3v) is 2.86. The predicted octanol–water partition coefficient (Wildman–Crippen LogP) is 2.11. The molecule has 0 bridgehead atoms. The van der Waals surface area contributed by atoms with Crippen LogP contribution in [0.15, 0.2) is 18.3 Å². The maximum atomic E-state index is 11.7. The van der Waals surface area contributed by atoms with Crippen LogP contribution in [0, 0.1) is 6.92 Å². The quantitative estimate of drug-likeness (QED) is 0.607. The van der Waals surface area contributed by atoms with Crippen molar-refractivity contribution in [1.82, 2.24) is 14.6 Å². The molecule has 82 valence electrons. The Hall–Kier alpha value is -1.53. The van der Waals surface area contributed by atoms with E-state index >= 15 is 0 Å². The Labute approximate surface area is 100 Å². The lowest BCUT2D eigenvalue weighted by atomic mass is 10.4. The zero-order chi connectivity index (χ0) is 11.5. The molecule has 0 radical (unpaired) electrons. The maximum absolute atomic E-state index is 11.7. The number of hydrogen-bond acceptors (Lipinski definition) is 6. The number of rotatable bonds is 2. The van der Waals surface area contributed by atoms with Gasteiger partial charge in [0.05, 0.1) is 5.69 Å². The molecule has 0 unspecified atom stereocenters. The van der Waals surface area contributed by atoms with E-state index < -0.39 is 5.97 Å². The molecule has 0 atom stereocenters. The molecule has 2 heterocycles. The summed E-state index contributed by atoms with van der Waals surface area (Å²) in [6.07, 6.45) is 1.51. The van der Waals surface area contributed by atoms with Crippen molar-refractivity contribution < 1.29 is 9.53 Å². The lowest BCUT2D eigenvalue weighted by Gasteiger charge is -2.03. The molecule has 0 aliphatic rings. The van der Waals surface area contributed by atoms with E-state index in [0.717, 1.165) is 11.5 Å². The van der Waals surface area contributed by atoms with Gasteiger partial charge in [-0.2, -0.15) is 0 Å². The predicted molar refractivity (Wildman–Crippen MR) is 58.9 cm³/mol. The van der Waals surface area contributed by atoms with Gasteiger partial charge in [0.2, 0.25) is 0 Å². The van der Waals surface area contributed by atoms with Crippen molar-refractivity contribution in [2.24, 2.45) is 0 Å². The van der Waals surface area contributed by atoms with E-state index in [1.165, 1.54) is 6.20 Å². The van der Waals surface area contributed by atoms with Gasteiger partial charge in [0.15, 0.2) is 15.8 Å². The summed E-state index contributed by atoms with van der Waals surface area (Å²) >= 11 is 6.74. The minimum Gasteiger partial charge on any atom is -0.419 e. The Morgan fingerprint density at radius 1 is 1.56 bits per heavy atom. The van der Waals surface area contributed by atoms with Gasteiger partial charge in [-0.15, -0.1) is 5.10 Å². The molecule has 2 rings (SSSR count). The van der Waals surface area contributed by atoms with Crippen LogP contribution in [0.25, 0.3) is 0 Å². The summed E-state index contributed by atoms with van der Waals surface area (Å²) in [4.78, 5) is 15.8. The van der Waals surface area contributed by atoms with Crippen molar-refractivity contribution in [3.8, 4) is 5.75 Å². The zero-order valence-electron chi connectivity index (χ0n) is 8.18. The molecule has 0 fully saturated rings. The number of hydrogen-bond donors (Lipinski definition) is 0. The van der Waals surface area contributed by atoms with E-state index in [1.54, 1.807) is 19.1 Å². The van der Waals surface area contributed by atoms with E-state index in [1.807, 2.05) is 0 Å². The number of carbonyl (C=O) groups excluding carboxylic acids is 1. The Morgan fingerprint density at radius 2 is 2.38 bits per heavy atom. The fourth-order valence-electron chi connectivity index (χ4n) is 1.01. The first-order valence-electron chi connectivity index (χ1n) is 4.30. The van der Waals surface area contributed by atoms with E-state index in [9.17, 15) is 4.79 Å². The highest BCUT2D eigenvalue weighted by Crippen LogP contribution is 2.22. The molecule has 0 aliphatic carbocycles. The number of aromatic nitrogens is 3. The van der Waals surface area contributed by atoms with Crippen LogP contribution in [0.3, 0.4) is 0 Å². The second-order valence-electron chi connectivity index (χ2n) is 2.87. The number of carbonyl (C=O) groups is 1. The van der Waals surface area contributed by atoms with Crippen LogP contribution in [0.1, 0.15) is 15.4 Å². The molecule has 2 aromatic heterocycles. The van der Waals surface area contributed by atoms with Gasteiger partial charge >= 0.3 is 5.97 Å². The molecule has 16 heavy (non-hydrogen) atoms. The minimum atomic E-state index is -0.526. The van der Waals surface area contributed by atoms with Crippen LogP contribution in [0.2, 0.25) is 5.15 Å². The summed E-state index contributed by atoms with van der Waals surface area (Å²) < 4.78 is 8.72. The molecule has 0 saturated carbocycles.